The lowest BCUT2D eigenvalue weighted by Crippen LogP contribution is -2.60. The number of phenolic OH excluding ortho intramolecular Hbond substituents is 3. The van der Waals surface area contributed by atoms with Gasteiger partial charge in [-0.2, -0.15) is 0 Å². The van der Waals surface area contributed by atoms with Crippen LogP contribution < -0.4 is 9.64 Å². The summed E-state index contributed by atoms with van der Waals surface area (Å²) in [6.07, 6.45) is -1.71. The largest absolute Gasteiger partial charge is 0.508 e. The van der Waals surface area contributed by atoms with Gasteiger partial charge in [0, 0.05) is 41.9 Å². The number of aliphatic hydroxyl groups excluding tert-OH is 4. The number of hydrogen-bond donors (Lipinski definition) is 9. The highest BCUT2D eigenvalue weighted by molar-refractivity contribution is 6.09. The molecule has 0 spiro atoms. The molecule has 9 N–H and O–H groups in total. The van der Waals surface area contributed by atoms with Gasteiger partial charge in [-0.3, -0.25) is 9.69 Å². The first-order valence-corrected chi connectivity index (χ1v) is 16.1. The molecule has 2 aliphatic heterocycles. The summed E-state index contributed by atoms with van der Waals surface area (Å²) >= 11 is 0. The first kappa shape index (κ1) is 35.4. The molecule has 0 bridgehead atoms. The molecule has 0 aliphatic carbocycles. The summed E-state index contributed by atoms with van der Waals surface area (Å²) in [5, 5.41) is 82.9. The molecular weight excluding hydrogens is 666 g/mol. The average Bonchev–Trinajstić information content (AvgIpc) is 3.74. The summed E-state index contributed by atoms with van der Waals surface area (Å²) in [7, 11) is 0. The topological polar surface area (TPSA) is 246 Å². The number of aromatic nitrogens is 2. The van der Waals surface area contributed by atoms with Crippen LogP contribution in [0.15, 0.2) is 73.2 Å². The summed E-state index contributed by atoms with van der Waals surface area (Å²) in [5.41, 5.74) is 2.76. The maximum atomic E-state index is 14.0. The fourth-order valence-corrected chi connectivity index (χ4v) is 6.53. The van der Waals surface area contributed by atoms with E-state index in [2.05, 4.69) is 9.97 Å². The van der Waals surface area contributed by atoms with Gasteiger partial charge in [0.15, 0.2) is 11.5 Å². The molecule has 2 aliphatic rings. The lowest BCUT2D eigenvalue weighted by atomic mass is 9.88. The quantitative estimate of drug-likeness (QED) is 0.101. The first-order chi connectivity index (χ1) is 24.5. The number of carboxylic acids is 1. The third kappa shape index (κ3) is 7.24. The number of aromatic hydroxyl groups is 3. The van der Waals surface area contributed by atoms with Crippen LogP contribution in [-0.2, 0) is 27.2 Å². The Labute approximate surface area is 290 Å². The maximum absolute atomic E-state index is 14.0. The van der Waals surface area contributed by atoms with Crippen molar-refractivity contribution in [1.29, 1.82) is 0 Å². The van der Waals surface area contributed by atoms with Crippen molar-refractivity contribution in [2.45, 2.75) is 61.9 Å². The lowest BCUT2D eigenvalue weighted by molar-refractivity contribution is -0.277. The van der Waals surface area contributed by atoms with E-state index >= 15 is 0 Å². The number of hydrogen-bond acceptors (Lipinski definition) is 12. The molecule has 3 aromatic carbocycles. The van der Waals surface area contributed by atoms with Crippen LogP contribution in [0.4, 0.5) is 5.69 Å². The van der Waals surface area contributed by atoms with Crippen molar-refractivity contribution in [1.82, 2.24) is 9.97 Å². The molecule has 0 radical (unpaired) electrons. The monoisotopic (exact) mass is 703 g/mol. The summed E-state index contributed by atoms with van der Waals surface area (Å²) in [6, 6.07) is 12.3. The number of para-hydroxylation sites is 1. The number of aliphatic carboxylic acids is 1. The summed E-state index contributed by atoms with van der Waals surface area (Å²) in [4.78, 5) is 34.9. The van der Waals surface area contributed by atoms with Gasteiger partial charge in [0.1, 0.15) is 42.0 Å². The number of aromatic amines is 1. The van der Waals surface area contributed by atoms with Crippen molar-refractivity contribution in [2.75, 3.05) is 11.5 Å². The number of carbonyl (C=O) groups excluding carboxylic acids is 1. The third-order valence-electron chi connectivity index (χ3n) is 9.18. The van der Waals surface area contributed by atoms with Gasteiger partial charge in [0.25, 0.3) is 5.91 Å². The fourth-order valence-electron chi connectivity index (χ4n) is 6.53. The molecule has 268 valence electrons. The van der Waals surface area contributed by atoms with Gasteiger partial charge >= 0.3 is 5.97 Å². The molecule has 7 atom stereocenters. The minimum absolute atomic E-state index is 0.0189. The fraction of sp³-hybridized carbons (Fsp3) is 0.306. The highest BCUT2D eigenvalue weighted by atomic mass is 16.7. The van der Waals surface area contributed by atoms with E-state index < -0.39 is 66.9 Å². The second-order valence-corrected chi connectivity index (χ2v) is 12.4. The summed E-state index contributed by atoms with van der Waals surface area (Å²) in [6.45, 7) is -0.722. The summed E-state index contributed by atoms with van der Waals surface area (Å²) < 4.78 is 11.1. The predicted octanol–water partition coefficient (Wildman–Crippen LogP) is 1.53. The lowest BCUT2D eigenvalue weighted by Gasteiger charge is -2.39. The predicted molar refractivity (Wildman–Crippen MR) is 179 cm³/mol. The number of ether oxygens (including phenoxy) is 2. The molecule has 3 heterocycles. The number of anilines is 1. The van der Waals surface area contributed by atoms with Gasteiger partial charge in [-0.25, -0.2) is 9.78 Å². The van der Waals surface area contributed by atoms with E-state index in [-0.39, 0.29) is 35.8 Å². The summed E-state index contributed by atoms with van der Waals surface area (Å²) in [5.74, 6) is -3.72. The Kier molecular flexibility index (Phi) is 10.3. The number of nitrogens with one attached hydrogen (secondary N) is 1. The molecule has 6 rings (SSSR count). The molecule has 7 unspecified atom stereocenters. The molecule has 4 aromatic rings. The second kappa shape index (κ2) is 14.8. The Balaban J connectivity index is 1.35. The standard InChI is InChI=1S/C36H37N3O12/c40-16-29-32(45)33(46)34(47)36(51-29)50-28-14-24-23(13-27(28)43)22(8-7-19-3-1-2-4-25(19)41)31(35(48)49)39(24)30(44)10-6-18-5-9-26(42)20(11-18)12-21-15-37-17-38-21/h1-6,9-11,13-15,17,22,29,31-34,36,40-43,45-47H,7-8,12,16H2,(H,37,38)(H,48,49). The van der Waals surface area contributed by atoms with Crippen LogP contribution >= 0.6 is 0 Å². The van der Waals surface area contributed by atoms with Crippen molar-refractivity contribution in [3.05, 3.63) is 101 Å². The molecule has 1 amide bonds. The Morgan fingerprint density at radius 2 is 1.71 bits per heavy atom. The Bertz CT molecular complexity index is 1910. The van der Waals surface area contributed by atoms with Gasteiger partial charge in [-0.1, -0.05) is 24.3 Å². The Morgan fingerprint density at radius 1 is 0.941 bits per heavy atom. The van der Waals surface area contributed by atoms with E-state index in [1.165, 1.54) is 42.7 Å². The van der Waals surface area contributed by atoms with Crippen LogP contribution in [0.25, 0.3) is 6.08 Å². The molecule has 15 nitrogen and oxygen atoms in total. The highest BCUT2D eigenvalue weighted by Gasteiger charge is 2.48. The number of aliphatic hydroxyl groups is 4. The molecule has 15 heteroatoms. The van der Waals surface area contributed by atoms with Gasteiger partial charge in [0.05, 0.1) is 18.6 Å². The number of imidazole rings is 1. The van der Waals surface area contributed by atoms with Crippen molar-refractivity contribution >= 4 is 23.6 Å². The Hall–Kier alpha value is -5.45. The number of aryl methyl sites for hydroxylation is 1. The SMILES string of the molecule is O=C(O)C1C(CCc2ccccc2O)c2cc(O)c(OC3OC(CO)C(O)C(O)C3O)cc2N1C(=O)C=Cc1ccc(O)c(Cc2cnc[nH]2)c1. The van der Waals surface area contributed by atoms with Crippen molar-refractivity contribution < 1.29 is 59.9 Å². The third-order valence-corrected chi connectivity index (χ3v) is 9.18. The number of fused-ring (bicyclic) bond motifs is 1. The smallest absolute Gasteiger partial charge is 0.327 e. The van der Waals surface area contributed by atoms with E-state index in [9.17, 15) is 50.4 Å². The second-order valence-electron chi connectivity index (χ2n) is 12.4. The van der Waals surface area contributed by atoms with Crippen LogP contribution in [0, 0.1) is 0 Å². The zero-order valence-corrected chi connectivity index (χ0v) is 27.0. The van der Waals surface area contributed by atoms with Gasteiger partial charge < -0.3 is 55.3 Å². The number of benzene rings is 3. The first-order valence-electron chi connectivity index (χ1n) is 16.1. The number of nitrogens with zero attached hydrogens (tertiary/aromatic N) is 2. The highest BCUT2D eigenvalue weighted by Crippen LogP contribution is 2.49. The number of amides is 1. The van der Waals surface area contributed by atoms with Crippen LogP contribution in [-0.4, -0.2) is 106 Å². The molecule has 1 aromatic heterocycles. The van der Waals surface area contributed by atoms with E-state index in [1.54, 1.807) is 36.5 Å². The van der Waals surface area contributed by atoms with Gasteiger partial charge in [-0.05, 0) is 59.9 Å². The normalized spacial score (nSPS) is 24.5. The van der Waals surface area contributed by atoms with Crippen LogP contribution in [0.1, 0.15) is 40.3 Å². The van der Waals surface area contributed by atoms with E-state index in [4.69, 9.17) is 9.47 Å². The number of rotatable bonds is 11. The van der Waals surface area contributed by atoms with Crippen molar-refractivity contribution in [3.8, 4) is 23.0 Å². The van der Waals surface area contributed by atoms with E-state index in [0.29, 0.717) is 28.7 Å². The van der Waals surface area contributed by atoms with Crippen molar-refractivity contribution in [2.24, 2.45) is 0 Å². The molecule has 51 heavy (non-hydrogen) atoms. The van der Waals surface area contributed by atoms with Crippen LogP contribution in [0.2, 0.25) is 0 Å². The molecular formula is C36H37N3O12. The molecule has 1 fully saturated rings. The number of carbonyl (C=O) groups is 2. The van der Waals surface area contributed by atoms with Crippen LogP contribution in [0.3, 0.4) is 0 Å². The number of phenols is 3. The minimum atomic E-state index is -1.81. The molecule has 1 saturated heterocycles. The van der Waals surface area contributed by atoms with E-state index in [0.717, 1.165) is 10.6 Å². The average molecular weight is 704 g/mol. The Morgan fingerprint density at radius 3 is 2.41 bits per heavy atom. The number of carboxylic acid groups (broad SMARTS) is 1. The zero-order valence-electron chi connectivity index (χ0n) is 27.0. The molecule has 0 saturated carbocycles. The van der Waals surface area contributed by atoms with Gasteiger partial charge in [-0.15, -0.1) is 0 Å². The van der Waals surface area contributed by atoms with Gasteiger partial charge in [0.2, 0.25) is 6.29 Å². The van der Waals surface area contributed by atoms with E-state index in [1.807, 2.05) is 0 Å². The zero-order chi connectivity index (χ0) is 36.4. The number of H-pyrrole nitrogens is 1. The minimum Gasteiger partial charge on any atom is -0.508 e. The van der Waals surface area contributed by atoms with Crippen LogP contribution in [0.5, 0.6) is 23.0 Å². The maximum Gasteiger partial charge on any atom is 0.327 e. The van der Waals surface area contributed by atoms with Crippen molar-refractivity contribution in [3.63, 3.8) is 0 Å².